The van der Waals surface area contributed by atoms with Crippen molar-refractivity contribution in [2.24, 2.45) is 0 Å². The number of benzene rings is 2. The second kappa shape index (κ2) is 8.14. The molecule has 0 amide bonds. The van der Waals surface area contributed by atoms with E-state index >= 15 is 0 Å². The van der Waals surface area contributed by atoms with Gasteiger partial charge in [-0.3, -0.25) is 4.68 Å². The summed E-state index contributed by atoms with van der Waals surface area (Å²) in [5, 5.41) is 12.0. The number of halogens is 1. The first kappa shape index (κ1) is 17.5. The summed E-state index contributed by atoms with van der Waals surface area (Å²) in [5.41, 5.74) is 3.62. The van der Waals surface area contributed by atoms with Crippen LogP contribution in [0.4, 0.5) is 5.82 Å². The summed E-state index contributed by atoms with van der Waals surface area (Å²) in [7, 11) is 0. The maximum Gasteiger partial charge on any atom is 0.172 e. The van der Waals surface area contributed by atoms with Crippen molar-refractivity contribution < 1.29 is 0 Å². The van der Waals surface area contributed by atoms with Crippen molar-refractivity contribution in [2.45, 2.75) is 20.0 Å². The normalized spacial score (nSPS) is 10.5. The molecule has 0 bridgehead atoms. The highest BCUT2D eigenvalue weighted by Crippen LogP contribution is 2.11. The van der Waals surface area contributed by atoms with Gasteiger partial charge in [-0.2, -0.15) is 5.10 Å². The number of hydrogen-bond acceptors (Lipinski definition) is 2. The standard InChI is InChI=1S/C19H19ClN4S/c1-14-4-2-3-5-16(14)13-24-11-10-18(23-24)22-19(25)21-12-15-6-8-17(20)9-7-15/h2-11H,12-13H2,1H3,(H2,21,22,23,25). The van der Waals surface area contributed by atoms with Crippen LogP contribution >= 0.6 is 23.8 Å². The number of anilines is 1. The molecule has 0 saturated heterocycles. The van der Waals surface area contributed by atoms with Gasteiger partial charge in [0.15, 0.2) is 10.9 Å². The Hall–Kier alpha value is -2.37. The molecule has 3 aromatic rings. The van der Waals surface area contributed by atoms with Crippen LogP contribution in [0.15, 0.2) is 60.8 Å². The lowest BCUT2D eigenvalue weighted by atomic mass is 10.1. The number of thiocarbonyl (C=S) groups is 1. The Kier molecular flexibility index (Phi) is 5.68. The minimum Gasteiger partial charge on any atom is -0.358 e. The smallest absolute Gasteiger partial charge is 0.172 e. The van der Waals surface area contributed by atoms with E-state index in [4.69, 9.17) is 23.8 Å². The van der Waals surface area contributed by atoms with Gasteiger partial charge in [-0.1, -0.05) is 48.0 Å². The summed E-state index contributed by atoms with van der Waals surface area (Å²) in [5.74, 6) is 0.724. The second-order valence-corrected chi connectivity index (χ2v) is 6.60. The molecular weight excluding hydrogens is 352 g/mol. The predicted octanol–water partition coefficient (Wildman–Crippen LogP) is 4.38. The maximum atomic E-state index is 5.88. The zero-order valence-electron chi connectivity index (χ0n) is 13.9. The fourth-order valence-corrected chi connectivity index (χ4v) is 2.73. The molecule has 0 spiro atoms. The molecule has 0 aliphatic rings. The van der Waals surface area contributed by atoms with Crippen LogP contribution in [0, 0.1) is 6.92 Å². The number of aromatic nitrogens is 2. The predicted molar refractivity (Wildman–Crippen MR) is 107 cm³/mol. The number of nitrogens with one attached hydrogen (secondary N) is 2. The van der Waals surface area contributed by atoms with Crippen LogP contribution in [-0.2, 0) is 13.1 Å². The van der Waals surface area contributed by atoms with Crippen LogP contribution < -0.4 is 10.6 Å². The average Bonchev–Trinajstić information content (AvgIpc) is 3.03. The van der Waals surface area contributed by atoms with Crippen molar-refractivity contribution in [1.82, 2.24) is 15.1 Å². The molecule has 25 heavy (non-hydrogen) atoms. The third-order valence-corrected chi connectivity index (χ3v) is 4.34. The third kappa shape index (κ3) is 5.05. The maximum absolute atomic E-state index is 5.88. The lowest BCUT2D eigenvalue weighted by Crippen LogP contribution is -2.28. The molecule has 0 fully saturated rings. The molecule has 0 aliphatic heterocycles. The number of aryl methyl sites for hydroxylation is 1. The Morgan fingerprint density at radius 1 is 1.12 bits per heavy atom. The summed E-state index contributed by atoms with van der Waals surface area (Å²) in [6.07, 6.45) is 1.94. The van der Waals surface area contributed by atoms with Crippen molar-refractivity contribution in [2.75, 3.05) is 5.32 Å². The molecule has 0 unspecified atom stereocenters. The molecule has 2 N–H and O–H groups in total. The molecule has 0 saturated carbocycles. The number of hydrogen-bond donors (Lipinski definition) is 2. The van der Waals surface area contributed by atoms with Crippen LogP contribution in [0.5, 0.6) is 0 Å². The van der Waals surface area contributed by atoms with Crippen molar-refractivity contribution in [3.63, 3.8) is 0 Å². The quantitative estimate of drug-likeness (QED) is 0.654. The lowest BCUT2D eigenvalue weighted by molar-refractivity contribution is 0.687. The van der Waals surface area contributed by atoms with Gasteiger partial charge in [-0.25, -0.2) is 0 Å². The summed E-state index contributed by atoms with van der Waals surface area (Å²) >= 11 is 11.2. The number of nitrogens with zero attached hydrogens (tertiary/aromatic N) is 2. The average molecular weight is 371 g/mol. The van der Waals surface area contributed by atoms with Crippen LogP contribution in [0.25, 0.3) is 0 Å². The molecule has 6 heteroatoms. The fraction of sp³-hybridized carbons (Fsp3) is 0.158. The Morgan fingerprint density at radius 3 is 2.64 bits per heavy atom. The molecule has 128 valence electrons. The zero-order chi connectivity index (χ0) is 17.6. The second-order valence-electron chi connectivity index (χ2n) is 5.76. The lowest BCUT2D eigenvalue weighted by Gasteiger charge is -2.09. The van der Waals surface area contributed by atoms with E-state index in [-0.39, 0.29) is 0 Å². The van der Waals surface area contributed by atoms with Crippen LogP contribution in [-0.4, -0.2) is 14.9 Å². The first-order chi connectivity index (χ1) is 12.1. The zero-order valence-corrected chi connectivity index (χ0v) is 15.4. The minimum atomic E-state index is 0.538. The van der Waals surface area contributed by atoms with E-state index in [0.29, 0.717) is 11.7 Å². The van der Waals surface area contributed by atoms with E-state index in [0.717, 1.165) is 22.9 Å². The third-order valence-electron chi connectivity index (χ3n) is 3.84. The van der Waals surface area contributed by atoms with Gasteiger partial charge in [0, 0.05) is 23.8 Å². The molecule has 0 radical (unpaired) electrons. The minimum absolute atomic E-state index is 0.538. The Balaban J connectivity index is 1.53. The van der Waals surface area contributed by atoms with Gasteiger partial charge in [0.1, 0.15) is 0 Å². The van der Waals surface area contributed by atoms with E-state index in [1.165, 1.54) is 11.1 Å². The highest BCUT2D eigenvalue weighted by atomic mass is 35.5. The number of rotatable bonds is 5. The van der Waals surface area contributed by atoms with Crippen molar-refractivity contribution in [3.8, 4) is 0 Å². The Labute approximate surface area is 157 Å². The van der Waals surface area contributed by atoms with Gasteiger partial charge in [0.25, 0.3) is 0 Å². The van der Waals surface area contributed by atoms with E-state index in [9.17, 15) is 0 Å². The Bertz CT molecular complexity index is 858. The highest BCUT2D eigenvalue weighted by molar-refractivity contribution is 7.80. The molecule has 1 aromatic heterocycles. The van der Waals surface area contributed by atoms with Gasteiger partial charge in [0.2, 0.25) is 0 Å². The van der Waals surface area contributed by atoms with E-state index in [1.807, 2.05) is 53.3 Å². The van der Waals surface area contributed by atoms with E-state index < -0.39 is 0 Å². The van der Waals surface area contributed by atoms with E-state index in [2.05, 4.69) is 34.8 Å². The Morgan fingerprint density at radius 2 is 1.88 bits per heavy atom. The van der Waals surface area contributed by atoms with Crippen molar-refractivity contribution in [1.29, 1.82) is 0 Å². The summed E-state index contributed by atoms with van der Waals surface area (Å²) in [6, 6.07) is 17.9. The molecule has 0 atom stereocenters. The van der Waals surface area contributed by atoms with Crippen LogP contribution in [0.2, 0.25) is 5.02 Å². The van der Waals surface area contributed by atoms with Crippen molar-refractivity contribution >= 4 is 34.7 Å². The molecule has 2 aromatic carbocycles. The summed E-state index contributed by atoms with van der Waals surface area (Å²) in [4.78, 5) is 0. The summed E-state index contributed by atoms with van der Waals surface area (Å²) < 4.78 is 1.90. The monoisotopic (exact) mass is 370 g/mol. The van der Waals surface area contributed by atoms with Gasteiger partial charge < -0.3 is 10.6 Å². The first-order valence-electron chi connectivity index (χ1n) is 7.97. The van der Waals surface area contributed by atoms with Gasteiger partial charge in [-0.15, -0.1) is 0 Å². The van der Waals surface area contributed by atoms with Crippen molar-refractivity contribution in [3.05, 3.63) is 82.5 Å². The summed E-state index contributed by atoms with van der Waals surface area (Å²) in [6.45, 7) is 3.47. The highest BCUT2D eigenvalue weighted by Gasteiger charge is 2.04. The van der Waals surface area contributed by atoms with Gasteiger partial charge >= 0.3 is 0 Å². The SMILES string of the molecule is Cc1ccccc1Cn1ccc(NC(=S)NCc2ccc(Cl)cc2)n1. The molecule has 1 heterocycles. The van der Waals surface area contributed by atoms with Gasteiger partial charge in [0.05, 0.1) is 6.54 Å². The molecule has 3 rings (SSSR count). The molecule has 4 nitrogen and oxygen atoms in total. The largest absolute Gasteiger partial charge is 0.358 e. The molecule has 0 aliphatic carbocycles. The van der Waals surface area contributed by atoms with E-state index in [1.54, 1.807) is 0 Å². The van der Waals surface area contributed by atoms with Gasteiger partial charge in [-0.05, 0) is 48.0 Å². The molecular formula is C19H19ClN4S. The first-order valence-corrected chi connectivity index (χ1v) is 8.76. The topological polar surface area (TPSA) is 41.9 Å². The van der Waals surface area contributed by atoms with Crippen LogP contribution in [0.1, 0.15) is 16.7 Å². The van der Waals surface area contributed by atoms with Crippen LogP contribution in [0.3, 0.4) is 0 Å². The fourth-order valence-electron chi connectivity index (χ4n) is 2.42.